The molecule has 1 aliphatic carbocycles. The number of carbonyl (C=O) groups is 1. The Balaban J connectivity index is 1.37. The molecule has 1 atom stereocenters. The number of anilines is 3. The highest BCUT2D eigenvalue weighted by molar-refractivity contribution is 6.02. The summed E-state index contributed by atoms with van der Waals surface area (Å²) in [7, 11) is 0. The predicted octanol–water partition coefficient (Wildman–Crippen LogP) is 5.83. The van der Waals surface area contributed by atoms with Gasteiger partial charge in [0.25, 0.3) is 0 Å². The van der Waals surface area contributed by atoms with E-state index in [1.54, 1.807) is 0 Å². The largest absolute Gasteiger partial charge is 0.489 e. The van der Waals surface area contributed by atoms with Gasteiger partial charge in [0, 0.05) is 42.3 Å². The maximum Gasteiger partial charge on any atom is 0.229 e. The van der Waals surface area contributed by atoms with Crippen molar-refractivity contribution in [2.75, 3.05) is 29.0 Å². The molecule has 7 heteroatoms. The van der Waals surface area contributed by atoms with Gasteiger partial charge in [-0.05, 0) is 54.4 Å². The van der Waals surface area contributed by atoms with Crippen LogP contribution in [0, 0.1) is 5.41 Å². The minimum absolute atomic E-state index is 0.117. The van der Waals surface area contributed by atoms with Gasteiger partial charge in [0.1, 0.15) is 24.0 Å². The Labute approximate surface area is 224 Å². The van der Waals surface area contributed by atoms with Crippen molar-refractivity contribution in [3.8, 4) is 5.75 Å². The van der Waals surface area contributed by atoms with Gasteiger partial charge in [0.2, 0.25) is 5.95 Å². The molecule has 0 amide bonds. The zero-order valence-electron chi connectivity index (χ0n) is 22.2. The molecule has 2 aliphatic heterocycles. The van der Waals surface area contributed by atoms with E-state index >= 15 is 0 Å². The Morgan fingerprint density at radius 2 is 1.74 bits per heavy atom. The van der Waals surface area contributed by atoms with E-state index in [-0.39, 0.29) is 17.1 Å². The van der Waals surface area contributed by atoms with Gasteiger partial charge < -0.3 is 20.7 Å². The van der Waals surface area contributed by atoms with E-state index in [0.29, 0.717) is 24.8 Å². The summed E-state index contributed by atoms with van der Waals surface area (Å²) in [6, 6.07) is 18.1. The minimum atomic E-state index is -0.316. The van der Waals surface area contributed by atoms with Crippen LogP contribution in [0.25, 0.3) is 0 Å². The Kier molecular flexibility index (Phi) is 6.30. The number of nitrogens with two attached hydrogens (primary N) is 1. The van der Waals surface area contributed by atoms with Crippen LogP contribution in [0.3, 0.4) is 0 Å². The highest BCUT2D eigenvalue weighted by atomic mass is 16.5. The molecule has 2 aromatic carbocycles. The van der Waals surface area contributed by atoms with Gasteiger partial charge in [0.05, 0.1) is 0 Å². The van der Waals surface area contributed by atoms with Crippen LogP contribution in [0.4, 0.5) is 17.6 Å². The Morgan fingerprint density at radius 1 is 1.00 bits per heavy atom. The number of hydrogen-bond acceptors (Lipinski definition) is 7. The van der Waals surface area contributed by atoms with Crippen molar-refractivity contribution in [3.63, 3.8) is 0 Å². The standard InChI is InChI=1S/C31H35N5O2/c1-31(2)17-23-26(24(37)18-31)25(21-11-13-22(14-12-21)38-19-20-9-5-3-6-10-20)27-28(32)34-30(35-29(27)33-23)36-15-7-4-8-16-36/h3,5-6,9-14,25H,4,7-8,15-19H2,1-2H3,(H3,32,33,34,35). The van der Waals surface area contributed by atoms with Crippen molar-refractivity contribution in [2.24, 2.45) is 5.41 Å². The first-order chi connectivity index (χ1) is 18.4. The number of aromatic nitrogens is 2. The van der Waals surface area contributed by atoms with E-state index in [1.165, 1.54) is 6.42 Å². The summed E-state index contributed by atoms with van der Waals surface area (Å²) in [6.07, 6.45) is 4.78. The Bertz CT molecular complexity index is 1380. The number of ether oxygens (including phenoxy) is 1. The number of rotatable bonds is 5. The summed E-state index contributed by atoms with van der Waals surface area (Å²) in [4.78, 5) is 25.5. The second kappa shape index (κ2) is 9.78. The summed E-state index contributed by atoms with van der Waals surface area (Å²) in [5, 5.41) is 3.53. The van der Waals surface area contributed by atoms with Gasteiger partial charge in [0.15, 0.2) is 5.78 Å². The van der Waals surface area contributed by atoms with Crippen LogP contribution in [0.5, 0.6) is 5.75 Å². The Morgan fingerprint density at radius 3 is 2.47 bits per heavy atom. The number of allylic oxidation sites excluding steroid dienone is 2. The number of piperidine rings is 1. The van der Waals surface area contributed by atoms with Gasteiger partial charge >= 0.3 is 0 Å². The molecule has 0 bridgehead atoms. The molecule has 0 radical (unpaired) electrons. The lowest BCUT2D eigenvalue weighted by Gasteiger charge is -2.39. The lowest BCUT2D eigenvalue weighted by Crippen LogP contribution is -2.36. The van der Waals surface area contributed by atoms with Gasteiger partial charge in [-0.15, -0.1) is 0 Å². The number of carbonyl (C=O) groups excluding carboxylic acids is 1. The molecule has 3 aliphatic rings. The number of nitrogens with zero attached hydrogens (tertiary/aromatic N) is 3. The molecule has 7 nitrogen and oxygen atoms in total. The third-order valence-corrected chi connectivity index (χ3v) is 7.83. The van der Waals surface area contributed by atoms with Gasteiger partial charge in [-0.3, -0.25) is 4.79 Å². The maximum absolute atomic E-state index is 13.6. The quantitative estimate of drug-likeness (QED) is 0.447. The smallest absolute Gasteiger partial charge is 0.229 e. The Hall–Kier alpha value is -3.87. The molecule has 6 rings (SSSR count). The number of nitrogens with one attached hydrogen (secondary N) is 1. The first kappa shape index (κ1) is 24.5. The van der Waals surface area contributed by atoms with Crippen molar-refractivity contribution in [1.29, 1.82) is 0 Å². The van der Waals surface area contributed by atoms with Crippen molar-refractivity contribution in [3.05, 3.63) is 82.6 Å². The number of Topliss-reactive ketones (excluding diaryl/α,β-unsaturated/α-hetero) is 1. The topological polar surface area (TPSA) is 93.4 Å². The lowest BCUT2D eigenvalue weighted by molar-refractivity contribution is -0.118. The summed E-state index contributed by atoms with van der Waals surface area (Å²) in [5.41, 5.74) is 11.2. The van der Waals surface area contributed by atoms with E-state index in [4.69, 9.17) is 20.4 Å². The molecular formula is C31H35N5O2. The fourth-order valence-corrected chi connectivity index (χ4v) is 5.99. The van der Waals surface area contributed by atoms with Crippen LogP contribution in [0.15, 0.2) is 65.9 Å². The van der Waals surface area contributed by atoms with Crippen molar-refractivity contribution in [2.45, 2.75) is 58.5 Å². The SMILES string of the molecule is CC1(C)CC(=O)C2=C(C1)Nc1nc(N3CCCCC3)nc(N)c1C2c1ccc(OCc2ccccc2)cc1. The predicted molar refractivity (Wildman–Crippen MR) is 150 cm³/mol. The lowest BCUT2D eigenvalue weighted by atomic mass is 9.69. The molecule has 3 aromatic rings. The molecule has 1 saturated heterocycles. The molecule has 0 saturated carbocycles. The van der Waals surface area contributed by atoms with Crippen molar-refractivity contribution < 1.29 is 9.53 Å². The van der Waals surface area contributed by atoms with Crippen LogP contribution < -0.4 is 20.7 Å². The second-order valence-electron chi connectivity index (χ2n) is 11.5. The fraction of sp³-hybridized carbons (Fsp3) is 0.387. The highest BCUT2D eigenvalue weighted by Crippen LogP contribution is 2.50. The second-order valence-corrected chi connectivity index (χ2v) is 11.5. The highest BCUT2D eigenvalue weighted by Gasteiger charge is 2.42. The van der Waals surface area contributed by atoms with Crippen LogP contribution >= 0.6 is 0 Å². The van der Waals surface area contributed by atoms with Crippen LogP contribution in [0.1, 0.15) is 68.6 Å². The molecule has 196 valence electrons. The van der Waals surface area contributed by atoms with E-state index < -0.39 is 0 Å². The summed E-state index contributed by atoms with van der Waals surface area (Å²) >= 11 is 0. The van der Waals surface area contributed by atoms with Crippen LogP contribution in [-0.4, -0.2) is 28.8 Å². The molecule has 1 aromatic heterocycles. The van der Waals surface area contributed by atoms with Crippen LogP contribution in [0.2, 0.25) is 0 Å². The first-order valence-corrected chi connectivity index (χ1v) is 13.6. The molecule has 3 N–H and O–H groups in total. The van der Waals surface area contributed by atoms with E-state index in [9.17, 15) is 4.79 Å². The van der Waals surface area contributed by atoms with Gasteiger partial charge in [-0.1, -0.05) is 56.3 Å². The van der Waals surface area contributed by atoms with E-state index in [2.05, 4.69) is 24.1 Å². The summed E-state index contributed by atoms with van der Waals surface area (Å²) < 4.78 is 6.02. The molecule has 1 fully saturated rings. The number of nitrogen functional groups attached to an aromatic ring is 1. The van der Waals surface area contributed by atoms with Crippen LogP contribution in [-0.2, 0) is 11.4 Å². The maximum atomic E-state index is 13.6. The average Bonchev–Trinajstić information content (AvgIpc) is 2.91. The van der Waals surface area contributed by atoms with Crippen molar-refractivity contribution in [1.82, 2.24) is 9.97 Å². The van der Waals surface area contributed by atoms with Gasteiger partial charge in [-0.2, -0.15) is 9.97 Å². The van der Waals surface area contributed by atoms with Crippen molar-refractivity contribution >= 4 is 23.4 Å². The number of fused-ring (bicyclic) bond motifs is 1. The molecular weight excluding hydrogens is 474 g/mol. The zero-order chi connectivity index (χ0) is 26.3. The third-order valence-electron chi connectivity index (χ3n) is 7.83. The normalized spacial score (nSPS) is 20.4. The summed E-state index contributed by atoms with van der Waals surface area (Å²) in [6.45, 7) is 6.66. The number of ketones is 1. The molecule has 0 spiro atoms. The monoisotopic (exact) mass is 509 g/mol. The summed E-state index contributed by atoms with van der Waals surface area (Å²) in [5.74, 6) is 2.44. The van der Waals surface area contributed by atoms with Gasteiger partial charge in [-0.25, -0.2) is 0 Å². The van der Waals surface area contributed by atoms with E-state index in [1.807, 2.05) is 54.6 Å². The average molecular weight is 510 g/mol. The first-order valence-electron chi connectivity index (χ1n) is 13.6. The number of hydrogen-bond donors (Lipinski definition) is 2. The molecule has 1 unspecified atom stereocenters. The number of benzene rings is 2. The third kappa shape index (κ3) is 4.73. The molecule has 3 heterocycles. The minimum Gasteiger partial charge on any atom is -0.489 e. The molecule has 38 heavy (non-hydrogen) atoms. The van der Waals surface area contributed by atoms with E-state index in [0.717, 1.165) is 71.9 Å². The fourth-order valence-electron chi connectivity index (χ4n) is 5.99. The zero-order valence-corrected chi connectivity index (χ0v) is 22.2.